The van der Waals surface area contributed by atoms with E-state index >= 15 is 0 Å². The quantitative estimate of drug-likeness (QED) is 0.831. The molecule has 0 spiro atoms. The Bertz CT molecular complexity index is 441. The maximum absolute atomic E-state index is 12.5. The largest absolute Gasteiger partial charge is 0.316 e. The van der Waals surface area contributed by atoms with E-state index in [2.05, 4.69) is 27.5 Å². The van der Waals surface area contributed by atoms with Gasteiger partial charge in [0.05, 0.1) is 5.41 Å². The van der Waals surface area contributed by atoms with Gasteiger partial charge in [-0.3, -0.25) is 4.79 Å². The standard InChI is InChI=1S/C13H19ClN4O/c1-2-5-13(6-3-7-15-9-13)11(19)17-10-4-8-16-12(14)18-10/h4,8,15H,2-3,5-7,9H2,1H3,(H,16,17,18,19). The number of hydrogen-bond acceptors (Lipinski definition) is 4. The summed E-state index contributed by atoms with van der Waals surface area (Å²) in [5, 5.41) is 6.33. The Labute approximate surface area is 118 Å². The molecule has 19 heavy (non-hydrogen) atoms. The number of rotatable bonds is 4. The minimum Gasteiger partial charge on any atom is -0.316 e. The van der Waals surface area contributed by atoms with Crippen molar-refractivity contribution in [2.75, 3.05) is 18.4 Å². The second-order valence-corrected chi connectivity index (χ2v) is 5.31. The molecule has 1 aliphatic heterocycles. The molecule has 0 aliphatic carbocycles. The fourth-order valence-electron chi connectivity index (χ4n) is 2.62. The van der Waals surface area contributed by atoms with Crippen LogP contribution in [0.15, 0.2) is 12.3 Å². The van der Waals surface area contributed by atoms with Crippen molar-refractivity contribution >= 4 is 23.3 Å². The summed E-state index contributed by atoms with van der Waals surface area (Å²) < 4.78 is 0. The second-order valence-electron chi connectivity index (χ2n) is 4.98. The van der Waals surface area contributed by atoms with Crippen LogP contribution in [0, 0.1) is 5.41 Å². The number of nitrogens with one attached hydrogen (secondary N) is 2. The average Bonchev–Trinajstić information content (AvgIpc) is 2.40. The highest BCUT2D eigenvalue weighted by Crippen LogP contribution is 2.32. The van der Waals surface area contributed by atoms with Crippen LogP contribution in [0.3, 0.4) is 0 Å². The van der Waals surface area contributed by atoms with E-state index in [1.165, 1.54) is 6.20 Å². The number of anilines is 1. The molecular weight excluding hydrogens is 264 g/mol. The Morgan fingerprint density at radius 2 is 2.47 bits per heavy atom. The average molecular weight is 283 g/mol. The second kappa shape index (κ2) is 6.30. The van der Waals surface area contributed by atoms with Crippen molar-refractivity contribution < 1.29 is 4.79 Å². The first-order valence-electron chi connectivity index (χ1n) is 6.67. The SMILES string of the molecule is CCCC1(C(=O)Nc2ccnc(Cl)n2)CCCNC1. The van der Waals surface area contributed by atoms with Gasteiger partial charge in [-0.1, -0.05) is 13.3 Å². The molecule has 2 rings (SSSR count). The molecule has 0 aromatic carbocycles. The summed E-state index contributed by atoms with van der Waals surface area (Å²) in [6, 6.07) is 1.65. The lowest BCUT2D eigenvalue weighted by Gasteiger charge is -2.36. The summed E-state index contributed by atoms with van der Waals surface area (Å²) in [5.41, 5.74) is -0.329. The lowest BCUT2D eigenvalue weighted by Crippen LogP contribution is -2.48. The Morgan fingerprint density at radius 3 is 3.11 bits per heavy atom. The summed E-state index contributed by atoms with van der Waals surface area (Å²) in [5.74, 6) is 0.488. The first kappa shape index (κ1) is 14.2. The maximum atomic E-state index is 12.5. The molecule has 2 heterocycles. The fraction of sp³-hybridized carbons (Fsp3) is 0.615. The molecule has 5 nitrogen and oxygen atoms in total. The minimum absolute atomic E-state index is 0.0244. The van der Waals surface area contributed by atoms with E-state index in [9.17, 15) is 4.79 Å². The van der Waals surface area contributed by atoms with Gasteiger partial charge in [0.25, 0.3) is 0 Å². The van der Waals surface area contributed by atoms with Gasteiger partial charge in [-0.25, -0.2) is 9.97 Å². The fourth-order valence-corrected chi connectivity index (χ4v) is 2.77. The molecule has 0 saturated carbocycles. The van der Waals surface area contributed by atoms with Crippen molar-refractivity contribution in [1.29, 1.82) is 0 Å². The highest BCUT2D eigenvalue weighted by atomic mass is 35.5. The van der Waals surface area contributed by atoms with Gasteiger partial charge in [0.1, 0.15) is 5.82 Å². The maximum Gasteiger partial charge on any atom is 0.233 e. The van der Waals surface area contributed by atoms with Gasteiger partial charge < -0.3 is 10.6 Å². The van der Waals surface area contributed by atoms with E-state index in [0.29, 0.717) is 5.82 Å². The number of amides is 1. The smallest absolute Gasteiger partial charge is 0.233 e. The zero-order valence-corrected chi connectivity index (χ0v) is 11.8. The number of nitrogens with zero attached hydrogens (tertiary/aromatic N) is 2. The first-order valence-corrected chi connectivity index (χ1v) is 7.05. The Kier molecular flexibility index (Phi) is 4.71. The molecule has 104 valence electrons. The van der Waals surface area contributed by atoms with Gasteiger partial charge in [-0.15, -0.1) is 0 Å². The predicted molar refractivity (Wildman–Crippen MR) is 75.1 cm³/mol. The third-order valence-corrected chi connectivity index (χ3v) is 3.73. The number of halogens is 1. The molecule has 1 unspecified atom stereocenters. The third kappa shape index (κ3) is 3.42. The van der Waals surface area contributed by atoms with Crippen molar-refractivity contribution in [3.8, 4) is 0 Å². The van der Waals surface area contributed by atoms with Crippen molar-refractivity contribution in [2.45, 2.75) is 32.6 Å². The summed E-state index contributed by atoms with van der Waals surface area (Å²) in [6.07, 6.45) is 5.34. The molecule has 0 bridgehead atoms. The van der Waals surface area contributed by atoms with Crippen LogP contribution in [-0.2, 0) is 4.79 Å². The van der Waals surface area contributed by atoms with Crippen LogP contribution in [0.4, 0.5) is 5.82 Å². The molecule has 1 amide bonds. The lowest BCUT2D eigenvalue weighted by atomic mass is 9.76. The molecular formula is C13H19ClN4O. The summed E-state index contributed by atoms with van der Waals surface area (Å²) in [7, 11) is 0. The molecule has 1 aromatic rings. The molecule has 1 aliphatic rings. The molecule has 1 atom stereocenters. The molecule has 1 fully saturated rings. The van der Waals surface area contributed by atoms with Crippen LogP contribution >= 0.6 is 11.6 Å². The predicted octanol–water partition coefficient (Wildman–Crippen LogP) is 2.24. The number of aromatic nitrogens is 2. The monoisotopic (exact) mass is 282 g/mol. The van der Waals surface area contributed by atoms with Crippen LogP contribution in [0.25, 0.3) is 0 Å². The number of piperidine rings is 1. The van der Waals surface area contributed by atoms with Crippen LogP contribution in [0.2, 0.25) is 5.28 Å². The topological polar surface area (TPSA) is 66.9 Å². The highest BCUT2D eigenvalue weighted by Gasteiger charge is 2.38. The molecule has 2 N–H and O–H groups in total. The van der Waals surface area contributed by atoms with Crippen LogP contribution < -0.4 is 10.6 Å². The van der Waals surface area contributed by atoms with Gasteiger partial charge in [0, 0.05) is 12.7 Å². The van der Waals surface area contributed by atoms with E-state index in [1.54, 1.807) is 6.07 Å². The Hall–Kier alpha value is -1.20. The van der Waals surface area contributed by atoms with Gasteiger partial charge in [-0.05, 0) is 43.5 Å². The van der Waals surface area contributed by atoms with Crippen molar-refractivity contribution in [2.24, 2.45) is 5.41 Å². The molecule has 1 saturated heterocycles. The van der Waals surface area contributed by atoms with E-state index in [0.717, 1.165) is 38.8 Å². The summed E-state index contributed by atoms with van der Waals surface area (Å²) in [4.78, 5) is 20.3. The van der Waals surface area contributed by atoms with E-state index in [-0.39, 0.29) is 16.6 Å². The van der Waals surface area contributed by atoms with Gasteiger partial charge in [0.2, 0.25) is 11.2 Å². The number of carbonyl (C=O) groups is 1. The van der Waals surface area contributed by atoms with Gasteiger partial charge in [0.15, 0.2) is 0 Å². The van der Waals surface area contributed by atoms with Crippen LogP contribution in [-0.4, -0.2) is 29.0 Å². The lowest BCUT2D eigenvalue weighted by molar-refractivity contribution is -0.127. The van der Waals surface area contributed by atoms with E-state index in [4.69, 9.17) is 11.6 Å². The molecule has 0 radical (unpaired) electrons. The number of carbonyl (C=O) groups excluding carboxylic acids is 1. The molecule has 6 heteroatoms. The Morgan fingerprint density at radius 1 is 1.63 bits per heavy atom. The summed E-state index contributed by atoms with van der Waals surface area (Å²) >= 11 is 5.72. The zero-order valence-electron chi connectivity index (χ0n) is 11.1. The normalized spacial score (nSPS) is 23.1. The van der Waals surface area contributed by atoms with Crippen molar-refractivity contribution in [3.63, 3.8) is 0 Å². The van der Waals surface area contributed by atoms with Crippen molar-refractivity contribution in [1.82, 2.24) is 15.3 Å². The highest BCUT2D eigenvalue weighted by molar-refractivity contribution is 6.28. The van der Waals surface area contributed by atoms with Crippen LogP contribution in [0.5, 0.6) is 0 Å². The summed E-state index contributed by atoms with van der Waals surface area (Å²) in [6.45, 7) is 3.81. The number of hydrogen-bond donors (Lipinski definition) is 2. The van der Waals surface area contributed by atoms with Gasteiger partial charge >= 0.3 is 0 Å². The van der Waals surface area contributed by atoms with Crippen LogP contribution in [0.1, 0.15) is 32.6 Å². The van der Waals surface area contributed by atoms with Crippen molar-refractivity contribution in [3.05, 3.63) is 17.5 Å². The Balaban J connectivity index is 2.11. The van der Waals surface area contributed by atoms with Gasteiger partial charge in [-0.2, -0.15) is 0 Å². The third-order valence-electron chi connectivity index (χ3n) is 3.55. The minimum atomic E-state index is -0.329. The first-order chi connectivity index (χ1) is 9.16. The van der Waals surface area contributed by atoms with E-state index < -0.39 is 0 Å². The zero-order chi connectivity index (χ0) is 13.7. The van der Waals surface area contributed by atoms with E-state index in [1.807, 2.05) is 0 Å². The molecule has 1 aromatic heterocycles.